The monoisotopic (exact) mass is 346 g/mol. The van der Waals surface area contributed by atoms with Crippen LogP contribution in [0.3, 0.4) is 0 Å². The molecule has 0 unspecified atom stereocenters. The zero-order valence-corrected chi connectivity index (χ0v) is 16.1. The number of phenols is 2. The SMILES string of the molecule is CCCCP(=O)(c1cc(C)cc(C)c1O)c1cc(C)cc(C)c1O. The third-order valence-electron chi connectivity index (χ3n) is 4.45. The van der Waals surface area contributed by atoms with Crippen molar-refractivity contribution in [1.82, 2.24) is 0 Å². The first-order chi connectivity index (χ1) is 11.2. The number of phenolic OH excluding ortho intramolecular Hbond substituents is 2. The summed E-state index contributed by atoms with van der Waals surface area (Å²) in [5, 5.41) is 22.1. The number of benzene rings is 2. The van der Waals surface area contributed by atoms with Crippen molar-refractivity contribution in [2.75, 3.05) is 6.16 Å². The fourth-order valence-corrected chi connectivity index (χ4v) is 6.54. The van der Waals surface area contributed by atoms with Gasteiger partial charge in [0.1, 0.15) is 11.5 Å². The van der Waals surface area contributed by atoms with Gasteiger partial charge in [-0.15, -0.1) is 0 Å². The highest BCUT2D eigenvalue weighted by Crippen LogP contribution is 2.50. The van der Waals surface area contributed by atoms with E-state index < -0.39 is 7.14 Å². The maximum atomic E-state index is 14.1. The van der Waals surface area contributed by atoms with Gasteiger partial charge in [-0.1, -0.05) is 25.5 Å². The first-order valence-electron chi connectivity index (χ1n) is 8.41. The third-order valence-corrected chi connectivity index (χ3v) is 7.64. The Labute approximate surface area is 144 Å². The van der Waals surface area contributed by atoms with E-state index in [2.05, 4.69) is 0 Å². The minimum Gasteiger partial charge on any atom is -0.507 e. The van der Waals surface area contributed by atoms with Crippen LogP contribution >= 0.6 is 7.14 Å². The summed E-state index contributed by atoms with van der Waals surface area (Å²) >= 11 is 0. The molecule has 0 amide bonds. The number of aromatic hydroxyl groups is 2. The van der Waals surface area contributed by atoms with Crippen molar-refractivity contribution in [2.24, 2.45) is 0 Å². The molecule has 2 aromatic carbocycles. The van der Waals surface area contributed by atoms with Crippen LogP contribution in [-0.4, -0.2) is 16.4 Å². The fraction of sp³-hybridized carbons (Fsp3) is 0.400. The van der Waals surface area contributed by atoms with Gasteiger partial charge in [-0.05, 0) is 68.5 Å². The van der Waals surface area contributed by atoms with E-state index in [1.54, 1.807) is 12.1 Å². The van der Waals surface area contributed by atoms with Crippen LogP contribution in [0.15, 0.2) is 24.3 Å². The molecule has 0 aliphatic heterocycles. The van der Waals surface area contributed by atoms with Crippen molar-refractivity contribution < 1.29 is 14.8 Å². The molecule has 2 N–H and O–H groups in total. The molecule has 0 saturated carbocycles. The number of hydrogen-bond donors (Lipinski definition) is 2. The van der Waals surface area contributed by atoms with Gasteiger partial charge in [-0.3, -0.25) is 0 Å². The Kier molecular flexibility index (Phi) is 5.45. The highest BCUT2D eigenvalue weighted by Gasteiger charge is 2.33. The van der Waals surface area contributed by atoms with Crippen molar-refractivity contribution in [2.45, 2.75) is 47.5 Å². The zero-order valence-electron chi connectivity index (χ0n) is 15.2. The summed E-state index contributed by atoms with van der Waals surface area (Å²) in [7, 11) is -3.12. The Morgan fingerprint density at radius 2 is 1.25 bits per heavy atom. The van der Waals surface area contributed by atoms with Gasteiger partial charge in [0.15, 0.2) is 7.14 Å². The standard InChI is InChI=1S/C20H27O3P/c1-6-7-8-24(23,17-11-13(2)9-15(4)19(17)21)18-12-14(3)10-16(5)20(18)22/h9-12,21-22H,6-8H2,1-5H3. The van der Waals surface area contributed by atoms with Crippen LogP contribution in [-0.2, 0) is 4.57 Å². The molecule has 2 rings (SSSR count). The van der Waals surface area contributed by atoms with Crippen molar-refractivity contribution in [3.8, 4) is 11.5 Å². The summed E-state index contributed by atoms with van der Waals surface area (Å²) < 4.78 is 14.1. The lowest BCUT2D eigenvalue weighted by Gasteiger charge is -2.23. The first kappa shape index (κ1) is 18.6. The average molecular weight is 346 g/mol. The topological polar surface area (TPSA) is 57.5 Å². The Balaban J connectivity index is 2.80. The molecule has 0 heterocycles. The largest absolute Gasteiger partial charge is 0.507 e. The number of hydrogen-bond acceptors (Lipinski definition) is 3. The molecule has 0 fully saturated rings. The van der Waals surface area contributed by atoms with Crippen LogP contribution in [0, 0.1) is 27.7 Å². The molecule has 0 spiro atoms. The summed E-state index contributed by atoms with van der Waals surface area (Å²) in [6.07, 6.45) is 2.12. The van der Waals surface area contributed by atoms with Crippen molar-refractivity contribution in [3.63, 3.8) is 0 Å². The van der Waals surface area contributed by atoms with E-state index in [1.807, 2.05) is 46.8 Å². The predicted molar refractivity (Wildman–Crippen MR) is 102 cm³/mol. The Morgan fingerprint density at radius 3 is 1.62 bits per heavy atom. The molecular formula is C20H27O3P. The second-order valence-electron chi connectivity index (χ2n) is 6.72. The molecule has 2 aromatic rings. The van der Waals surface area contributed by atoms with Gasteiger partial charge in [0, 0.05) is 6.16 Å². The second kappa shape index (κ2) is 7.03. The normalized spacial score (nSPS) is 11.7. The van der Waals surface area contributed by atoms with Crippen molar-refractivity contribution in [3.05, 3.63) is 46.5 Å². The molecule has 0 aliphatic rings. The van der Waals surface area contributed by atoms with Crippen LogP contribution in [0.4, 0.5) is 0 Å². The van der Waals surface area contributed by atoms with Gasteiger partial charge >= 0.3 is 0 Å². The smallest absolute Gasteiger partial charge is 0.150 e. The van der Waals surface area contributed by atoms with Gasteiger partial charge in [0.2, 0.25) is 0 Å². The van der Waals surface area contributed by atoms with Gasteiger partial charge in [-0.2, -0.15) is 0 Å². The molecule has 24 heavy (non-hydrogen) atoms. The fourth-order valence-electron chi connectivity index (χ4n) is 3.18. The van der Waals surface area contributed by atoms with Crippen LogP contribution in [0.2, 0.25) is 0 Å². The Bertz CT molecular complexity index is 748. The molecule has 0 bridgehead atoms. The molecule has 130 valence electrons. The van der Waals surface area contributed by atoms with Crippen LogP contribution in [0.1, 0.15) is 42.0 Å². The molecule has 0 aliphatic carbocycles. The van der Waals surface area contributed by atoms with E-state index in [4.69, 9.17) is 0 Å². The van der Waals surface area contributed by atoms with Gasteiger partial charge in [0.05, 0.1) is 10.6 Å². The molecule has 3 nitrogen and oxygen atoms in total. The maximum Gasteiger partial charge on any atom is 0.150 e. The van der Waals surface area contributed by atoms with Crippen LogP contribution < -0.4 is 10.6 Å². The highest BCUT2D eigenvalue weighted by molar-refractivity contribution is 7.79. The Morgan fingerprint density at radius 1 is 0.833 bits per heavy atom. The second-order valence-corrected chi connectivity index (χ2v) is 9.61. The number of aryl methyl sites for hydroxylation is 4. The molecule has 4 heteroatoms. The lowest BCUT2D eigenvalue weighted by Crippen LogP contribution is -2.21. The molecular weight excluding hydrogens is 319 g/mol. The van der Waals surface area contributed by atoms with Crippen LogP contribution in [0.25, 0.3) is 0 Å². The van der Waals surface area contributed by atoms with Crippen LogP contribution in [0.5, 0.6) is 11.5 Å². The minimum atomic E-state index is -3.12. The van der Waals surface area contributed by atoms with Gasteiger partial charge in [0.25, 0.3) is 0 Å². The number of rotatable bonds is 5. The first-order valence-corrected chi connectivity index (χ1v) is 10.3. The van der Waals surface area contributed by atoms with E-state index in [0.717, 1.165) is 24.0 Å². The lowest BCUT2D eigenvalue weighted by atomic mass is 10.1. The summed E-state index contributed by atoms with van der Waals surface area (Å²) in [6.45, 7) is 9.55. The molecule has 0 saturated heterocycles. The molecule has 0 atom stereocenters. The average Bonchev–Trinajstić information content (AvgIpc) is 2.52. The van der Waals surface area contributed by atoms with E-state index in [9.17, 15) is 14.8 Å². The molecule has 0 radical (unpaired) electrons. The van der Waals surface area contributed by atoms with Gasteiger partial charge < -0.3 is 14.8 Å². The summed E-state index contributed by atoms with van der Waals surface area (Å²) in [5.41, 5.74) is 3.35. The van der Waals surface area contributed by atoms with E-state index in [-0.39, 0.29) is 11.5 Å². The van der Waals surface area contributed by atoms with Crippen molar-refractivity contribution >= 4 is 17.8 Å². The zero-order chi connectivity index (χ0) is 18.1. The van der Waals surface area contributed by atoms with Crippen molar-refractivity contribution in [1.29, 1.82) is 0 Å². The summed E-state index contributed by atoms with van der Waals surface area (Å²) in [4.78, 5) is 0. The van der Waals surface area contributed by atoms with E-state index in [1.165, 1.54) is 0 Å². The Hall–Kier alpha value is -1.73. The minimum absolute atomic E-state index is 0.0820. The lowest BCUT2D eigenvalue weighted by molar-refractivity contribution is 0.473. The van der Waals surface area contributed by atoms with E-state index in [0.29, 0.717) is 27.9 Å². The van der Waals surface area contributed by atoms with E-state index >= 15 is 0 Å². The number of unbranched alkanes of at least 4 members (excludes halogenated alkanes) is 1. The third kappa shape index (κ3) is 3.37. The highest BCUT2D eigenvalue weighted by atomic mass is 31.2. The van der Waals surface area contributed by atoms with Gasteiger partial charge in [-0.25, -0.2) is 0 Å². The quantitative estimate of drug-likeness (QED) is 0.787. The molecule has 0 aromatic heterocycles. The maximum absolute atomic E-state index is 14.1. The summed E-state index contributed by atoms with van der Waals surface area (Å²) in [5.74, 6) is 0.164. The predicted octanol–water partition coefficient (Wildman–Crippen LogP) is 4.45. The summed E-state index contributed by atoms with van der Waals surface area (Å²) in [6, 6.07) is 7.36.